The molecule has 0 bridgehead atoms. The second-order valence-corrected chi connectivity index (χ2v) is 7.27. The molecular weight excluding hydrogens is 408 g/mol. The zero-order chi connectivity index (χ0) is 10.9. The molecule has 0 aromatic rings. The van der Waals surface area contributed by atoms with Crippen LogP contribution in [-0.2, 0) is 20.8 Å². The van der Waals surface area contributed by atoms with Gasteiger partial charge in [-0.3, -0.25) is 0 Å². The minimum absolute atomic E-state index is 5.35. The Bertz CT molecular complexity index is 173. The molecular formula is H3AgF6O4Sb. The van der Waals surface area contributed by atoms with E-state index in [9.17, 15) is 18.1 Å². The normalized spacial score (nSPS) is 18.4. The quantitative estimate of drug-likeness (QED) is 0.398. The van der Waals surface area contributed by atoms with E-state index in [4.69, 9.17) is 13.2 Å². The van der Waals surface area contributed by atoms with Crippen molar-refractivity contribution in [2.75, 3.05) is 0 Å². The molecule has 12 heteroatoms. The molecule has 0 atom stereocenters. The molecule has 0 radical (unpaired) electrons. The summed E-state index contributed by atoms with van der Waals surface area (Å²) in [6.07, 6.45) is 0. The van der Waals surface area contributed by atoms with Crippen LogP contribution >= 0.6 is 0 Å². The zero-order valence-electron chi connectivity index (χ0n) is 4.77. The summed E-state index contributed by atoms with van der Waals surface area (Å²) in [5, 5.41) is 0. The van der Waals surface area contributed by atoms with E-state index in [-0.39, 0.29) is 0 Å². The van der Waals surface area contributed by atoms with E-state index in [1.54, 1.807) is 0 Å². The first-order valence-electron chi connectivity index (χ1n) is 1.47. The number of halogens is 6. The molecule has 0 saturated heterocycles. The first-order chi connectivity index (χ1) is 4.45. The summed E-state index contributed by atoms with van der Waals surface area (Å²) in [4.78, 5) is 0. The third-order valence-electron chi connectivity index (χ3n) is 0. The molecule has 0 rings (SSSR count). The summed E-state index contributed by atoms with van der Waals surface area (Å²) in [5.74, 6) is 0. The molecule has 4 nitrogen and oxygen atoms in total. The number of hydrogen-bond donors (Lipinski definition) is 3. The van der Waals surface area contributed by atoms with Gasteiger partial charge in [-0.15, -0.1) is 0 Å². The SMILES string of the molecule is [F][Ag]([F])([F])([F])([F])[F].[O]=[Sb]([OH])([OH])[OH]. The molecule has 0 aromatic heterocycles. The van der Waals surface area contributed by atoms with E-state index in [2.05, 4.69) is 0 Å². The second-order valence-electron chi connectivity index (χ2n) is 1.16. The van der Waals surface area contributed by atoms with E-state index in [1.807, 2.05) is 0 Å². The maximum absolute atomic E-state index is 10.9. The third-order valence-corrected chi connectivity index (χ3v) is 0. The van der Waals surface area contributed by atoms with E-state index >= 15 is 0 Å². The van der Waals surface area contributed by atoms with Gasteiger partial charge in [0.05, 0.1) is 0 Å². The molecule has 3 N–H and O–H groups in total. The van der Waals surface area contributed by atoms with Crippen LogP contribution < -0.4 is 0 Å². The fraction of sp³-hybridized carbons (Fsp3) is 0. The third kappa shape index (κ3) is 1560. The molecule has 85 valence electrons. The van der Waals surface area contributed by atoms with Crippen LogP contribution in [0, 0.1) is 0 Å². The second kappa shape index (κ2) is 2.91. The van der Waals surface area contributed by atoms with Crippen LogP contribution in [0.5, 0.6) is 0 Å². The topological polar surface area (TPSA) is 77.8 Å². The van der Waals surface area contributed by atoms with Gasteiger partial charge in [0.15, 0.2) is 0 Å². The molecule has 0 heterocycles. The Morgan fingerprint density at radius 1 is 0.833 bits per heavy atom. The van der Waals surface area contributed by atoms with Gasteiger partial charge in [0.1, 0.15) is 0 Å². The Balaban J connectivity index is 0. The standard InChI is InChI=1S/Ag.6FH.3H2O.O.Sb/h;6*1H;3*1H2;;/q+6;;;;;;;;;;;+3/p-9. The minimum atomic E-state index is -10.9. The predicted molar refractivity (Wildman–Crippen MR) is 19.7 cm³/mol. The fourth-order valence-corrected chi connectivity index (χ4v) is 0. The van der Waals surface area contributed by atoms with Gasteiger partial charge in [-0.05, 0) is 0 Å². The van der Waals surface area contributed by atoms with Gasteiger partial charge in [-0.25, -0.2) is 0 Å². The molecule has 0 spiro atoms. The van der Waals surface area contributed by atoms with Crippen molar-refractivity contribution in [3.05, 3.63) is 0 Å². The van der Waals surface area contributed by atoms with Crippen molar-refractivity contribution in [3.63, 3.8) is 0 Å². The van der Waals surface area contributed by atoms with Crippen LogP contribution in [0.4, 0.5) is 18.1 Å². The van der Waals surface area contributed by atoms with E-state index in [1.165, 1.54) is 0 Å². The van der Waals surface area contributed by atoms with Gasteiger partial charge in [0.25, 0.3) is 0 Å². The van der Waals surface area contributed by atoms with Gasteiger partial charge in [0, 0.05) is 0 Å². The number of hydrogen-bond acceptors (Lipinski definition) is 1. The van der Waals surface area contributed by atoms with Gasteiger partial charge in [-0.1, -0.05) is 0 Å². The van der Waals surface area contributed by atoms with Crippen molar-refractivity contribution in [2.24, 2.45) is 0 Å². The monoisotopic (exact) mass is 409 g/mol. The van der Waals surface area contributed by atoms with E-state index in [0.717, 1.165) is 0 Å². The molecule has 0 aliphatic rings. The van der Waals surface area contributed by atoms with Gasteiger partial charge < -0.3 is 0 Å². The van der Waals surface area contributed by atoms with Crippen molar-refractivity contribution >= 4 is 20.1 Å². The van der Waals surface area contributed by atoms with Crippen LogP contribution in [0.1, 0.15) is 0 Å². The van der Waals surface area contributed by atoms with Gasteiger partial charge >= 0.3 is 69.2 Å². The number of rotatable bonds is 0. The molecule has 12 heavy (non-hydrogen) atoms. The summed E-state index contributed by atoms with van der Waals surface area (Å²) >= 11 is -16.2. The van der Waals surface area contributed by atoms with Crippen LogP contribution in [0.3, 0.4) is 0 Å². The Kier molecular flexibility index (Phi) is 3.70. The van der Waals surface area contributed by atoms with Crippen molar-refractivity contribution in [3.8, 4) is 0 Å². The average Bonchev–Trinajstić information content (AvgIpc) is 1.04. The van der Waals surface area contributed by atoms with Crippen LogP contribution in [0.2, 0.25) is 0 Å². The Morgan fingerprint density at radius 2 is 0.833 bits per heavy atom. The molecule has 0 saturated carbocycles. The first-order valence-corrected chi connectivity index (χ1v) is 9.29. The summed E-state index contributed by atoms with van der Waals surface area (Å²) in [5.41, 5.74) is 0. The Hall–Kier alpha value is 0.818. The average molecular weight is 411 g/mol. The maximum atomic E-state index is 9.88. The molecule has 0 aliphatic carbocycles. The molecule has 0 aromatic carbocycles. The first kappa shape index (κ1) is 15.3. The van der Waals surface area contributed by atoms with Crippen molar-refractivity contribution in [1.82, 2.24) is 0 Å². The van der Waals surface area contributed by atoms with Crippen LogP contribution in [0.25, 0.3) is 0 Å². The van der Waals surface area contributed by atoms with Gasteiger partial charge in [0.2, 0.25) is 0 Å². The molecule has 0 unspecified atom stereocenters. The van der Waals surface area contributed by atoms with Crippen molar-refractivity contribution < 1.29 is 49.1 Å². The van der Waals surface area contributed by atoms with E-state index < -0.39 is 37.8 Å². The van der Waals surface area contributed by atoms with Crippen LogP contribution in [-0.4, -0.2) is 30.2 Å². The van der Waals surface area contributed by atoms with E-state index in [0.29, 0.717) is 0 Å². The predicted octanol–water partition coefficient (Wildman–Crippen LogP) is 0.348. The van der Waals surface area contributed by atoms with Gasteiger partial charge in [-0.2, -0.15) is 0 Å². The fourth-order valence-electron chi connectivity index (χ4n) is 0. The van der Waals surface area contributed by atoms with Crippen LogP contribution in [0.15, 0.2) is 0 Å². The summed E-state index contributed by atoms with van der Waals surface area (Å²) in [6, 6.07) is 0. The summed E-state index contributed by atoms with van der Waals surface area (Å²) < 4.78 is 90.1. The molecule has 0 fully saturated rings. The van der Waals surface area contributed by atoms with Crippen molar-refractivity contribution in [2.45, 2.75) is 0 Å². The van der Waals surface area contributed by atoms with Crippen molar-refractivity contribution in [1.29, 1.82) is 0 Å². The Morgan fingerprint density at radius 3 is 0.833 bits per heavy atom. The summed E-state index contributed by atoms with van der Waals surface area (Å²) in [7, 11) is 0. The Labute approximate surface area is 69.1 Å². The summed E-state index contributed by atoms with van der Waals surface area (Å²) in [6.45, 7) is 0. The molecule has 0 amide bonds. The zero-order valence-corrected chi connectivity index (χ0v) is 8.80. The molecule has 0 aliphatic heterocycles.